The van der Waals surface area contributed by atoms with Crippen molar-refractivity contribution in [3.63, 3.8) is 0 Å². The first-order chi connectivity index (χ1) is 9.81. The molecule has 0 aromatic heterocycles. The molecule has 0 saturated carbocycles. The number of benzene rings is 1. The van der Waals surface area contributed by atoms with Crippen LogP contribution in [0.3, 0.4) is 0 Å². The van der Waals surface area contributed by atoms with Gasteiger partial charge in [0.15, 0.2) is 6.04 Å². The fraction of sp³-hybridized carbons (Fsp3) is 0.467. The summed E-state index contributed by atoms with van der Waals surface area (Å²) in [6.07, 6.45) is -1.14. The van der Waals surface area contributed by atoms with Gasteiger partial charge in [0.1, 0.15) is 5.75 Å². The van der Waals surface area contributed by atoms with Crippen molar-refractivity contribution in [2.45, 2.75) is 39.3 Å². The molecule has 0 radical (unpaired) electrons. The highest BCUT2D eigenvalue weighted by Gasteiger charge is 2.24. The van der Waals surface area contributed by atoms with E-state index in [1.54, 1.807) is 0 Å². The maximum Gasteiger partial charge on any atom is 0.328 e. The normalized spacial score (nSPS) is 13.3. The highest BCUT2D eigenvalue weighted by molar-refractivity contribution is 5.83. The fourth-order valence-electron chi connectivity index (χ4n) is 1.70. The lowest BCUT2D eigenvalue weighted by Gasteiger charge is -2.17. The summed E-state index contributed by atoms with van der Waals surface area (Å²) in [6, 6.07) is 4.32. The fourth-order valence-corrected chi connectivity index (χ4v) is 1.70. The van der Waals surface area contributed by atoms with Gasteiger partial charge in [0.25, 0.3) is 0 Å². The molecule has 21 heavy (non-hydrogen) atoms. The minimum atomic E-state index is -1.31. The van der Waals surface area contributed by atoms with Gasteiger partial charge in [0.05, 0.1) is 19.1 Å². The van der Waals surface area contributed by atoms with E-state index in [9.17, 15) is 14.7 Å². The van der Waals surface area contributed by atoms with Crippen LogP contribution >= 0.6 is 0 Å². The second kappa shape index (κ2) is 7.64. The summed E-state index contributed by atoms with van der Waals surface area (Å²) in [5, 5.41) is 20.4. The summed E-state index contributed by atoms with van der Waals surface area (Å²) >= 11 is 0. The number of nitrogens with one attached hydrogen (secondary N) is 1. The number of amides is 1. The van der Waals surface area contributed by atoms with E-state index in [0.717, 1.165) is 11.1 Å². The van der Waals surface area contributed by atoms with E-state index in [1.165, 1.54) is 6.92 Å². The first-order valence-corrected chi connectivity index (χ1v) is 6.71. The Morgan fingerprint density at radius 2 is 1.95 bits per heavy atom. The molecule has 116 valence electrons. The zero-order valence-corrected chi connectivity index (χ0v) is 12.4. The van der Waals surface area contributed by atoms with Gasteiger partial charge in [-0.15, -0.1) is 0 Å². The summed E-state index contributed by atoms with van der Waals surface area (Å²) in [6.45, 7) is 5.41. The third-order valence-corrected chi connectivity index (χ3v) is 3.14. The van der Waals surface area contributed by atoms with E-state index in [2.05, 4.69) is 5.32 Å². The first-order valence-electron chi connectivity index (χ1n) is 6.71. The number of carbonyl (C=O) groups is 2. The van der Waals surface area contributed by atoms with Gasteiger partial charge in [-0.3, -0.25) is 4.79 Å². The molecule has 0 saturated heterocycles. The zero-order chi connectivity index (χ0) is 16.0. The van der Waals surface area contributed by atoms with Crippen molar-refractivity contribution in [1.82, 2.24) is 5.32 Å². The molecule has 0 aliphatic heterocycles. The molecule has 0 aliphatic rings. The second-order valence-electron chi connectivity index (χ2n) is 4.97. The van der Waals surface area contributed by atoms with Crippen LogP contribution in [0, 0.1) is 13.8 Å². The lowest BCUT2D eigenvalue weighted by Crippen LogP contribution is -2.47. The predicted molar refractivity (Wildman–Crippen MR) is 77.3 cm³/mol. The van der Waals surface area contributed by atoms with Crippen LogP contribution in [0.4, 0.5) is 0 Å². The standard InChI is InChI=1S/C15H21NO5/c1-9-4-5-12(8-10(9)2)21-7-6-13(18)16-14(11(3)17)15(19)20/h4-5,8,11,14,17H,6-7H2,1-3H3,(H,16,18)(H,19,20). The number of aryl methyl sites for hydroxylation is 2. The van der Waals surface area contributed by atoms with Crippen LogP contribution in [0.2, 0.25) is 0 Å². The Kier molecular flexibility index (Phi) is 6.17. The van der Waals surface area contributed by atoms with Crippen LogP contribution in [-0.4, -0.2) is 40.8 Å². The van der Waals surface area contributed by atoms with Crippen molar-refractivity contribution < 1.29 is 24.5 Å². The van der Waals surface area contributed by atoms with Gasteiger partial charge >= 0.3 is 5.97 Å². The van der Waals surface area contributed by atoms with Crippen molar-refractivity contribution in [3.8, 4) is 5.75 Å². The smallest absolute Gasteiger partial charge is 0.328 e. The molecular formula is C15H21NO5. The molecule has 0 spiro atoms. The molecule has 0 aliphatic carbocycles. The molecule has 2 unspecified atom stereocenters. The maximum atomic E-state index is 11.6. The molecule has 2 atom stereocenters. The number of carboxylic acids is 1. The average Bonchev–Trinajstić information content (AvgIpc) is 2.39. The quantitative estimate of drug-likeness (QED) is 0.698. The molecule has 1 rings (SSSR count). The highest BCUT2D eigenvalue weighted by atomic mass is 16.5. The third-order valence-electron chi connectivity index (χ3n) is 3.14. The molecule has 1 amide bonds. The van der Waals surface area contributed by atoms with Gasteiger partial charge in [0, 0.05) is 0 Å². The molecule has 1 aromatic carbocycles. The highest BCUT2D eigenvalue weighted by Crippen LogP contribution is 2.16. The topological polar surface area (TPSA) is 95.9 Å². The summed E-state index contributed by atoms with van der Waals surface area (Å²) in [5.41, 5.74) is 2.25. The van der Waals surface area contributed by atoms with E-state index in [0.29, 0.717) is 5.75 Å². The number of aliphatic hydroxyl groups is 1. The predicted octanol–water partition coefficient (Wildman–Crippen LogP) is 1.02. The van der Waals surface area contributed by atoms with Gasteiger partial charge in [-0.25, -0.2) is 4.79 Å². The van der Waals surface area contributed by atoms with Crippen LogP contribution in [0.1, 0.15) is 24.5 Å². The molecule has 3 N–H and O–H groups in total. The monoisotopic (exact) mass is 295 g/mol. The Bertz CT molecular complexity index is 513. The van der Waals surface area contributed by atoms with Crippen LogP contribution in [0.15, 0.2) is 18.2 Å². The summed E-state index contributed by atoms with van der Waals surface area (Å²) < 4.78 is 5.44. The number of carbonyl (C=O) groups excluding carboxylic acids is 1. The molecule has 6 heteroatoms. The van der Waals surface area contributed by atoms with Crippen molar-refractivity contribution in [1.29, 1.82) is 0 Å². The summed E-state index contributed by atoms with van der Waals surface area (Å²) in [7, 11) is 0. The minimum Gasteiger partial charge on any atom is -0.493 e. The largest absolute Gasteiger partial charge is 0.493 e. The maximum absolute atomic E-state index is 11.6. The molecule has 6 nitrogen and oxygen atoms in total. The van der Waals surface area contributed by atoms with Gasteiger partial charge in [-0.1, -0.05) is 6.07 Å². The number of hydrogen-bond acceptors (Lipinski definition) is 4. The zero-order valence-electron chi connectivity index (χ0n) is 12.4. The second-order valence-corrected chi connectivity index (χ2v) is 4.97. The lowest BCUT2D eigenvalue weighted by atomic mass is 10.1. The number of aliphatic hydroxyl groups excluding tert-OH is 1. The molecule has 0 heterocycles. The van der Waals surface area contributed by atoms with Crippen molar-refractivity contribution in [3.05, 3.63) is 29.3 Å². The van der Waals surface area contributed by atoms with Crippen LogP contribution < -0.4 is 10.1 Å². The van der Waals surface area contributed by atoms with E-state index in [4.69, 9.17) is 9.84 Å². The van der Waals surface area contributed by atoms with Crippen LogP contribution in [0.5, 0.6) is 5.75 Å². The average molecular weight is 295 g/mol. The van der Waals surface area contributed by atoms with E-state index in [-0.39, 0.29) is 13.0 Å². The third kappa shape index (κ3) is 5.43. The summed E-state index contributed by atoms with van der Waals surface area (Å²) in [4.78, 5) is 22.4. The SMILES string of the molecule is Cc1ccc(OCCC(=O)NC(C(=O)O)C(C)O)cc1C. The molecule has 0 bridgehead atoms. The minimum absolute atomic E-state index is 0.0173. The Balaban J connectivity index is 2.42. The van der Waals surface area contributed by atoms with Crippen molar-refractivity contribution in [2.24, 2.45) is 0 Å². The van der Waals surface area contributed by atoms with Crippen molar-refractivity contribution in [2.75, 3.05) is 6.61 Å². The van der Waals surface area contributed by atoms with E-state index >= 15 is 0 Å². The van der Waals surface area contributed by atoms with E-state index in [1.807, 2.05) is 32.0 Å². The number of ether oxygens (including phenoxy) is 1. The first kappa shape index (κ1) is 17.0. The number of hydrogen-bond donors (Lipinski definition) is 3. The Hall–Kier alpha value is -2.08. The van der Waals surface area contributed by atoms with Gasteiger partial charge in [0.2, 0.25) is 5.91 Å². The van der Waals surface area contributed by atoms with Crippen LogP contribution in [0.25, 0.3) is 0 Å². The Morgan fingerprint density at radius 1 is 1.29 bits per heavy atom. The summed E-state index contributed by atoms with van der Waals surface area (Å²) in [5.74, 6) is -1.09. The van der Waals surface area contributed by atoms with Crippen molar-refractivity contribution >= 4 is 11.9 Å². The molecule has 0 fully saturated rings. The van der Waals surface area contributed by atoms with Gasteiger partial charge in [-0.05, 0) is 44.0 Å². The number of aliphatic carboxylic acids is 1. The van der Waals surface area contributed by atoms with Gasteiger partial charge < -0.3 is 20.3 Å². The lowest BCUT2D eigenvalue weighted by molar-refractivity contribution is -0.144. The number of carboxylic acid groups (broad SMARTS) is 1. The van der Waals surface area contributed by atoms with Crippen LogP contribution in [-0.2, 0) is 9.59 Å². The van der Waals surface area contributed by atoms with E-state index < -0.39 is 24.0 Å². The molecular weight excluding hydrogens is 274 g/mol. The van der Waals surface area contributed by atoms with Gasteiger partial charge in [-0.2, -0.15) is 0 Å². The Morgan fingerprint density at radius 3 is 2.48 bits per heavy atom. The number of rotatable bonds is 7. The Labute approximate surface area is 123 Å². The molecule has 1 aromatic rings.